The Morgan fingerprint density at radius 2 is 1.91 bits per heavy atom. The Balaban J connectivity index is 1.30. The van der Waals surface area contributed by atoms with Crippen LogP contribution < -0.4 is 5.56 Å². The maximum Gasteiger partial charge on any atom is 0.259 e. The lowest BCUT2D eigenvalue weighted by Crippen LogP contribution is -2.38. The molecule has 1 N–H and O–H groups in total. The van der Waals surface area contributed by atoms with Gasteiger partial charge < -0.3 is 9.51 Å². The van der Waals surface area contributed by atoms with Gasteiger partial charge in [0, 0.05) is 30.3 Å². The zero-order chi connectivity index (χ0) is 23.9. The predicted molar refractivity (Wildman–Crippen MR) is 124 cm³/mol. The summed E-state index contributed by atoms with van der Waals surface area (Å²) in [6.45, 7) is 2.01. The summed E-state index contributed by atoms with van der Waals surface area (Å²) in [4.78, 5) is 31.8. The van der Waals surface area contributed by atoms with Gasteiger partial charge in [0.25, 0.3) is 5.56 Å². The van der Waals surface area contributed by atoms with E-state index in [0.29, 0.717) is 42.9 Å². The SMILES string of the molecule is CC(=O)c1cccc(S(=O)(=O)N2CCC(c3nc(-c4cc5c([nH]c4=O)CCCC5)no3)CC2)c1. The van der Waals surface area contributed by atoms with Crippen LogP contribution in [0.3, 0.4) is 0 Å². The molecule has 0 atom stereocenters. The highest BCUT2D eigenvalue weighted by Gasteiger charge is 2.32. The fraction of sp³-hybridized carbons (Fsp3) is 0.417. The zero-order valence-electron chi connectivity index (χ0n) is 18.9. The van der Waals surface area contributed by atoms with E-state index in [4.69, 9.17) is 4.52 Å². The van der Waals surface area contributed by atoms with Crippen LogP contribution in [-0.2, 0) is 22.9 Å². The summed E-state index contributed by atoms with van der Waals surface area (Å²) < 4.78 is 33.1. The number of aromatic amines is 1. The van der Waals surface area contributed by atoms with Crippen LogP contribution in [0.15, 0.2) is 44.5 Å². The number of carbonyl (C=O) groups is 1. The fourth-order valence-electron chi connectivity index (χ4n) is 4.72. The number of aromatic nitrogens is 3. The Bertz CT molecular complexity index is 1400. The monoisotopic (exact) mass is 482 g/mol. The predicted octanol–water partition coefficient (Wildman–Crippen LogP) is 3.07. The van der Waals surface area contributed by atoms with E-state index in [9.17, 15) is 18.0 Å². The smallest absolute Gasteiger partial charge is 0.259 e. The Kier molecular flexibility index (Phi) is 5.95. The van der Waals surface area contributed by atoms with Crippen molar-refractivity contribution in [3.05, 3.63) is 63.4 Å². The maximum absolute atomic E-state index is 13.1. The van der Waals surface area contributed by atoms with E-state index < -0.39 is 10.0 Å². The van der Waals surface area contributed by atoms with Crippen molar-refractivity contribution in [1.82, 2.24) is 19.4 Å². The molecule has 0 amide bonds. The third-order valence-electron chi connectivity index (χ3n) is 6.70. The molecule has 5 rings (SSSR count). The van der Waals surface area contributed by atoms with Gasteiger partial charge in [-0.3, -0.25) is 9.59 Å². The number of H-pyrrole nitrogens is 1. The molecule has 1 aromatic carbocycles. The second-order valence-corrected chi connectivity index (χ2v) is 10.9. The van der Waals surface area contributed by atoms with E-state index in [0.717, 1.165) is 36.9 Å². The van der Waals surface area contributed by atoms with Gasteiger partial charge in [0.15, 0.2) is 5.78 Å². The lowest BCUT2D eigenvalue weighted by atomic mass is 9.95. The second-order valence-electron chi connectivity index (χ2n) is 8.94. The van der Waals surface area contributed by atoms with Crippen molar-refractivity contribution in [2.75, 3.05) is 13.1 Å². The summed E-state index contributed by atoms with van der Waals surface area (Å²) in [6.07, 6.45) is 5.01. The molecule has 1 aliphatic heterocycles. The van der Waals surface area contributed by atoms with Crippen LogP contribution in [0.1, 0.15) is 66.0 Å². The van der Waals surface area contributed by atoms with E-state index >= 15 is 0 Å². The molecule has 9 nitrogen and oxygen atoms in total. The van der Waals surface area contributed by atoms with Crippen molar-refractivity contribution in [2.24, 2.45) is 0 Å². The molecule has 0 unspecified atom stereocenters. The van der Waals surface area contributed by atoms with Crippen LogP contribution in [-0.4, -0.2) is 46.7 Å². The third kappa shape index (κ3) is 4.23. The number of piperidine rings is 1. The molecule has 3 heterocycles. The summed E-state index contributed by atoms with van der Waals surface area (Å²) in [5, 5.41) is 4.04. The number of nitrogens with zero attached hydrogens (tertiary/aromatic N) is 3. The van der Waals surface area contributed by atoms with E-state index in [1.807, 2.05) is 6.07 Å². The number of pyridine rings is 1. The minimum atomic E-state index is -3.71. The van der Waals surface area contributed by atoms with Crippen LogP contribution >= 0.6 is 0 Å². The van der Waals surface area contributed by atoms with Crippen molar-refractivity contribution < 1.29 is 17.7 Å². The molecular weight excluding hydrogens is 456 g/mol. The molecular formula is C24H26N4O5S. The summed E-state index contributed by atoms with van der Waals surface area (Å²) >= 11 is 0. The first-order valence-electron chi connectivity index (χ1n) is 11.5. The molecule has 178 valence electrons. The molecule has 0 saturated carbocycles. The zero-order valence-corrected chi connectivity index (χ0v) is 19.7. The number of nitrogens with one attached hydrogen (secondary N) is 1. The molecule has 1 saturated heterocycles. The van der Waals surface area contributed by atoms with Crippen molar-refractivity contribution in [3.8, 4) is 11.4 Å². The minimum Gasteiger partial charge on any atom is -0.339 e. The van der Waals surface area contributed by atoms with Crippen molar-refractivity contribution in [1.29, 1.82) is 0 Å². The van der Waals surface area contributed by atoms with Crippen LogP contribution in [0.2, 0.25) is 0 Å². The van der Waals surface area contributed by atoms with Gasteiger partial charge in [-0.25, -0.2) is 8.42 Å². The topological polar surface area (TPSA) is 126 Å². The molecule has 0 bridgehead atoms. The van der Waals surface area contributed by atoms with Gasteiger partial charge in [-0.2, -0.15) is 9.29 Å². The number of carbonyl (C=O) groups excluding carboxylic acids is 1. The van der Waals surface area contributed by atoms with Gasteiger partial charge in [0.1, 0.15) is 0 Å². The van der Waals surface area contributed by atoms with Gasteiger partial charge in [-0.05, 0) is 69.2 Å². The molecule has 3 aromatic rings. The fourth-order valence-corrected chi connectivity index (χ4v) is 6.24. The molecule has 2 aromatic heterocycles. The molecule has 34 heavy (non-hydrogen) atoms. The number of sulfonamides is 1. The first-order valence-corrected chi connectivity index (χ1v) is 13.0. The van der Waals surface area contributed by atoms with Crippen molar-refractivity contribution >= 4 is 15.8 Å². The van der Waals surface area contributed by atoms with E-state index in [2.05, 4.69) is 15.1 Å². The number of Topliss-reactive ketones (excluding diaryl/α,β-unsaturated/α-hetero) is 1. The minimum absolute atomic E-state index is 0.0898. The molecule has 0 spiro atoms. The highest BCUT2D eigenvalue weighted by Crippen LogP contribution is 2.31. The standard InChI is InChI=1S/C24H26N4O5S/c1-15(29)17-6-4-7-19(13-17)34(31,32)28-11-9-16(10-12-28)24-26-22(27-33-24)20-14-18-5-2-3-8-21(18)25-23(20)30/h4,6-7,13-14,16H,2-3,5,8-12H2,1H3,(H,25,30). The van der Waals surface area contributed by atoms with Crippen molar-refractivity contribution in [3.63, 3.8) is 0 Å². The summed E-state index contributed by atoms with van der Waals surface area (Å²) in [7, 11) is -3.71. The number of ketones is 1. The highest BCUT2D eigenvalue weighted by molar-refractivity contribution is 7.89. The first-order chi connectivity index (χ1) is 16.3. The Morgan fingerprint density at radius 3 is 2.68 bits per heavy atom. The van der Waals surface area contributed by atoms with Gasteiger partial charge in [-0.15, -0.1) is 0 Å². The second kappa shape index (κ2) is 8.92. The maximum atomic E-state index is 13.1. The number of hydrogen-bond donors (Lipinski definition) is 1. The van der Waals surface area contributed by atoms with Gasteiger partial charge in [-0.1, -0.05) is 17.3 Å². The van der Waals surface area contributed by atoms with Crippen molar-refractivity contribution in [2.45, 2.75) is 56.3 Å². The van der Waals surface area contributed by atoms with Gasteiger partial charge >= 0.3 is 0 Å². The molecule has 1 aliphatic carbocycles. The number of rotatable bonds is 5. The van der Waals surface area contributed by atoms with Gasteiger partial charge in [0.05, 0.1) is 10.5 Å². The number of benzene rings is 1. The quantitative estimate of drug-likeness (QED) is 0.554. The lowest BCUT2D eigenvalue weighted by molar-refractivity contribution is 0.101. The van der Waals surface area contributed by atoms with Crippen LogP contribution in [0, 0.1) is 0 Å². The van der Waals surface area contributed by atoms with Crippen LogP contribution in [0.25, 0.3) is 11.4 Å². The Morgan fingerprint density at radius 1 is 1.15 bits per heavy atom. The molecule has 2 aliphatic rings. The van der Waals surface area contributed by atoms with Crippen LogP contribution in [0.4, 0.5) is 0 Å². The average Bonchev–Trinajstić information content (AvgIpc) is 3.34. The summed E-state index contributed by atoms with van der Waals surface area (Å²) in [5.74, 6) is 0.414. The number of aryl methyl sites for hydroxylation is 2. The highest BCUT2D eigenvalue weighted by atomic mass is 32.2. The van der Waals surface area contributed by atoms with Crippen LogP contribution in [0.5, 0.6) is 0 Å². The average molecular weight is 483 g/mol. The summed E-state index contributed by atoms with van der Waals surface area (Å²) in [5.41, 5.74) is 2.67. The Labute approximate surface area is 197 Å². The van der Waals surface area contributed by atoms with Gasteiger partial charge in [0.2, 0.25) is 21.7 Å². The van der Waals surface area contributed by atoms with E-state index in [1.54, 1.807) is 12.1 Å². The molecule has 0 radical (unpaired) electrons. The Hall–Kier alpha value is -3.11. The normalized spacial score (nSPS) is 17.4. The largest absolute Gasteiger partial charge is 0.339 e. The van der Waals surface area contributed by atoms with E-state index in [-0.39, 0.29) is 28.0 Å². The lowest BCUT2D eigenvalue weighted by Gasteiger charge is -2.29. The summed E-state index contributed by atoms with van der Waals surface area (Å²) in [6, 6.07) is 7.98. The number of hydrogen-bond acceptors (Lipinski definition) is 7. The third-order valence-corrected chi connectivity index (χ3v) is 8.60. The molecule has 10 heteroatoms. The molecule has 1 fully saturated rings. The van der Waals surface area contributed by atoms with E-state index in [1.165, 1.54) is 23.4 Å². The first kappa shape index (κ1) is 22.7. The number of fused-ring (bicyclic) bond motifs is 1.